The van der Waals surface area contributed by atoms with E-state index >= 15 is 0 Å². The molecule has 0 bridgehead atoms. The van der Waals surface area contributed by atoms with Gasteiger partial charge in [-0.3, -0.25) is 4.79 Å². The minimum absolute atomic E-state index is 0.0651. The molecule has 1 aliphatic rings. The summed E-state index contributed by atoms with van der Waals surface area (Å²) in [5.41, 5.74) is 2.14. The van der Waals surface area contributed by atoms with Crippen LogP contribution in [0.5, 0.6) is 17.2 Å². The Kier molecular flexibility index (Phi) is 7.88. The molecule has 1 aromatic heterocycles. The predicted molar refractivity (Wildman–Crippen MR) is 140 cm³/mol. The zero-order valence-electron chi connectivity index (χ0n) is 21.6. The second-order valence-electron chi connectivity index (χ2n) is 9.58. The van der Waals surface area contributed by atoms with E-state index in [9.17, 15) is 19.8 Å². The number of benzene rings is 2. The molecule has 1 unspecified atom stereocenters. The van der Waals surface area contributed by atoms with Gasteiger partial charge >= 0.3 is 5.97 Å². The Labute approximate surface area is 216 Å². The van der Waals surface area contributed by atoms with Gasteiger partial charge in [0.05, 0.1) is 26.0 Å². The maximum Gasteiger partial charge on any atom is 0.345 e. The first-order valence-electron chi connectivity index (χ1n) is 12.4. The van der Waals surface area contributed by atoms with E-state index in [2.05, 4.69) is 0 Å². The molecule has 2 aromatic carbocycles. The molecule has 0 saturated heterocycles. The van der Waals surface area contributed by atoms with Crippen LogP contribution in [0.2, 0.25) is 0 Å². The number of hydrogen-bond donors (Lipinski definition) is 2. The van der Waals surface area contributed by atoms with Gasteiger partial charge in [-0.05, 0) is 41.5 Å². The Hall–Kier alpha value is -3.78. The van der Waals surface area contributed by atoms with Crippen LogP contribution in [0.3, 0.4) is 0 Å². The number of methoxy groups -OCH3 is 2. The van der Waals surface area contributed by atoms with Crippen LogP contribution in [0.15, 0.2) is 47.3 Å². The molecule has 196 valence electrons. The van der Waals surface area contributed by atoms with Gasteiger partial charge in [-0.25, -0.2) is 4.79 Å². The number of carboxylic acids is 1. The minimum atomic E-state index is -1.45. The van der Waals surface area contributed by atoms with Crippen molar-refractivity contribution in [1.29, 1.82) is 0 Å². The second kappa shape index (κ2) is 11.1. The summed E-state index contributed by atoms with van der Waals surface area (Å²) in [6.45, 7) is 5.24. The fourth-order valence-electron chi connectivity index (χ4n) is 5.04. The third-order valence-corrected chi connectivity index (χ3v) is 6.88. The molecule has 0 fully saturated rings. The zero-order chi connectivity index (χ0) is 26.7. The van der Waals surface area contributed by atoms with Crippen molar-refractivity contribution in [1.82, 2.24) is 4.57 Å². The molecular formula is C29H33NO7. The summed E-state index contributed by atoms with van der Waals surface area (Å²) >= 11 is 0. The number of hydrogen-bond acceptors (Lipinski definition) is 6. The van der Waals surface area contributed by atoms with Crippen LogP contribution in [0.25, 0.3) is 11.3 Å². The molecular weight excluding hydrogens is 474 g/mol. The van der Waals surface area contributed by atoms with Crippen LogP contribution in [0.4, 0.5) is 0 Å². The Balaban J connectivity index is 1.99. The van der Waals surface area contributed by atoms with Gasteiger partial charge in [0.15, 0.2) is 17.1 Å². The topological polar surface area (TPSA) is 107 Å². The third-order valence-electron chi connectivity index (χ3n) is 6.88. The van der Waals surface area contributed by atoms with Crippen molar-refractivity contribution in [3.8, 4) is 28.5 Å². The Morgan fingerprint density at radius 3 is 2.46 bits per heavy atom. The van der Waals surface area contributed by atoms with Crippen LogP contribution in [-0.4, -0.2) is 48.2 Å². The molecule has 1 atom stereocenters. The lowest BCUT2D eigenvalue weighted by Crippen LogP contribution is -2.32. The van der Waals surface area contributed by atoms with Gasteiger partial charge in [0.2, 0.25) is 0 Å². The van der Waals surface area contributed by atoms with Crippen molar-refractivity contribution in [3.63, 3.8) is 0 Å². The number of carboxylic acid groups (broad SMARTS) is 1. The van der Waals surface area contributed by atoms with Crippen molar-refractivity contribution in [2.45, 2.75) is 39.2 Å². The number of carbonyl (C=O) groups is 1. The number of pyridine rings is 1. The average Bonchev–Trinajstić information content (AvgIpc) is 2.88. The lowest BCUT2D eigenvalue weighted by molar-refractivity contribution is 0.0690. The first kappa shape index (κ1) is 26.3. The largest absolute Gasteiger partial charge is 0.506 e. The van der Waals surface area contributed by atoms with E-state index in [0.717, 1.165) is 17.5 Å². The van der Waals surface area contributed by atoms with Gasteiger partial charge < -0.3 is 29.0 Å². The summed E-state index contributed by atoms with van der Waals surface area (Å²) in [7, 11) is 3.19. The van der Waals surface area contributed by atoms with E-state index < -0.39 is 22.8 Å². The molecule has 0 aliphatic heterocycles. The Morgan fingerprint density at radius 2 is 1.84 bits per heavy atom. The zero-order valence-corrected chi connectivity index (χ0v) is 21.6. The fourth-order valence-corrected chi connectivity index (χ4v) is 5.04. The Morgan fingerprint density at radius 1 is 1.11 bits per heavy atom. The molecule has 2 N–H and O–H groups in total. The summed E-state index contributed by atoms with van der Waals surface area (Å²) in [5.74, 6) is -0.969. The molecule has 8 heteroatoms. The first-order chi connectivity index (χ1) is 17.8. The minimum Gasteiger partial charge on any atom is -0.506 e. The summed E-state index contributed by atoms with van der Waals surface area (Å²) in [6, 6.07) is 13.1. The van der Waals surface area contributed by atoms with Crippen molar-refractivity contribution < 1.29 is 29.2 Å². The van der Waals surface area contributed by atoms with Gasteiger partial charge in [0.1, 0.15) is 5.75 Å². The van der Waals surface area contributed by atoms with E-state index in [0.29, 0.717) is 48.0 Å². The highest BCUT2D eigenvalue weighted by Crippen LogP contribution is 2.49. The lowest BCUT2D eigenvalue weighted by Gasteiger charge is -2.34. The number of aromatic hydroxyl groups is 1. The van der Waals surface area contributed by atoms with E-state index in [1.165, 1.54) is 4.57 Å². The van der Waals surface area contributed by atoms with E-state index in [1.54, 1.807) is 14.2 Å². The average molecular weight is 508 g/mol. The van der Waals surface area contributed by atoms with Crippen molar-refractivity contribution in [3.05, 3.63) is 75.1 Å². The molecule has 37 heavy (non-hydrogen) atoms. The van der Waals surface area contributed by atoms with Gasteiger partial charge in [-0.2, -0.15) is 0 Å². The number of aromatic carboxylic acids is 1. The predicted octanol–water partition coefficient (Wildman–Crippen LogP) is 4.69. The van der Waals surface area contributed by atoms with Crippen LogP contribution in [-0.2, 0) is 17.7 Å². The highest BCUT2D eigenvalue weighted by molar-refractivity contribution is 5.93. The molecule has 0 saturated carbocycles. The van der Waals surface area contributed by atoms with Crippen LogP contribution < -0.4 is 15.0 Å². The van der Waals surface area contributed by atoms with Crippen LogP contribution in [0.1, 0.15) is 53.2 Å². The molecule has 8 nitrogen and oxygen atoms in total. The quantitative estimate of drug-likeness (QED) is 0.384. The standard InChI is InChI=1S/C29H33NO7/c1-17(2)20-13-19-14-23(37-12-8-11-35-3)22(36-4)15-21(19)26-24(20)27(31)25(29(33)34)28(32)30(26)16-18-9-6-5-7-10-18/h5-7,9-10,14-15,17,20,31H,8,11-13,16H2,1-4H3,(H,33,34). The molecule has 1 heterocycles. The monoisotopic (exact) mass is 507 g/mol. The molecule has 3 aromatic rings. The summed E-state index contributed by atoms with van der Waals surface area (Å²) < 4.78 is 18.2. The van der Waals surface area contributed by atoms with Gasteiger partial charge in [-0.1, -0.05) is 44.2 Å². The Bertz CT molecular complexity index is 1340. The SMILES string of the molecule is COCCCOc1cc2c(cc1OC)-c1c(c(O)c(C(=O)O)c(=O)n1Cc1ccccc1)C(C(C)C)C2. The number of fused-ring (bicyclic) bond motifs is 3. The highest BCUT2D eigenvalue weighted by Gasteiger charge is 2.36. The number of aromatic nitrogens is 1. The number of ether oxygens (including phenoxy) is 3. The molecule has 1 aliphatic carbocycles. The van der Waals surface area contributed by atoms with E-state index in [1.807, 2.05) is 56.3 Å². The van der Waals surface area contributed by atoms with Crippen LogP contribution in [0, 0.1) is 5.92 Å². The summed E-state index contributed by atoms with van der Waals surface area (Å²) in [5, 5.41) is 21.1. The second-order valence-corrected chi connectivity index (χ2v) is 9.58. The molecule has 0 radical (unpaired) electrons. The smallest absolute Gasteiger partial charge is 0.345 e. The van der Waals surface area contributed by atoms with Crippen LogP contribution >= 0.6 is 0 Å². The van der Waals surface area contributed by atoms with Gasteiger partial charge in [-0.15, -0.1) is 0 Å². The van der Waals surface area contributed by atoms with E-state index in [-0.39, 0.29) is 18.4 Å². The molecule has 4 rings (SSSR count). The van der Waals surface area contributed by atoms with Gasteiger partial charge in [0.25, 0.3) is 5.56 Å². The summed E-state index contributed by atoms with van der Waals surface area (Å²) in [6.07, 6.45) is 1.27. The maximum absolute atomic E-state index is 13.6. The summed E-state index contributed by atoms with van der Waals surface area (Å²) in [4.78, 5) is 25.7. The van der Waals surface area contributed by atoms with Gasteiger partial charge in [0, 0.05) is 31.3 Å². The maximum atomic E-state index is 13.6. The highest BCUT2D eigenvalue weighted by atomic mass is 16.5. The molecule has 0 spiro atoms. The lowest BCUT2D eigenvalue weighted by atomic mass is 9.74. The fraction of sp³-hybridized carbons (Fsp3) is 0.379. The third kappa shape index (κ3) is 5.06. The first-order valence-corrected chi connectivity index (χ1v) is 12.4. The van der Waals surface area contributed by atoms with Crippen molar-refractivity contribution in [2.24, 2.45) is 5.92 Å². The number of nitrogens with zero attached hydrogens (tertiary/aromatic N) is 1. The molecule has 0 amide bonds. The van der Waals surface area contributed by atoms with E-state index in [4.69, 9.17) is 14.2 Å². The van der Waals surface area contributed by atoms with Crippen molar-refractivity contribution in [2.75, 3.05) is 27.4 Å². The number of rotatable bonds is 10. The van der Waals surface area contributed by atoms with Crippen molar-refractivity contribution >= 4 is 5.97 Å². The normalized spacial score (nSPS) is 14.2.